The Morgan fingerprint density at radius 2 is 2.09 bits per heavy atom. The van der Waals surface area contributed by atoms with Crippen LogP contribution in [0.5, 0.6) is 0 Å². The average molecular weight is 173 g/mol. The van der Waals surface area contributed by atoms with E-state index in [1.54, 1.807) is 24.3 Å². The largest absolute Gasteiger partial charge is 0.368 e. The van der Waals surface area contributed by atoms with Gasteiger partial charge in [0.25, 0.3) is 0 Å². The molecule has 2 nitrogen and oxygen atoms in total. The molecule has 3 heteroatoms. The van der Waals surface area contributed by atoms with Crippen LogP contribution in [0.1, 0.15) is 5.56 Å². The van der Waals surface area contributed by atoms with Crippen molar-refractivity contribution in [3.8, 4) is 0 Å². The number of benzene rings is 1. The fourth-order valence-corrected chi connectivity index (χ4v) is 1.09. The van der Waals surface area contributed by atoms with Crippen molar-refractivity contribution in [2.24, 2.45) is 0 Å². The van der Waals surface area contributed by atoms with Crippen LogP contribution in [0.4, 0.5) is 0 Å². The van der Waals surface area contributed by atoms with Crippen LogP contribution in [-0.4, -0.2) is 16.5 Å². The summed E-state index contributed by atoms with van der Waals surface area (Å²) >= 11 is 5.67. The zero-order valence-electron chi connectivity index (χ0n) is 5.87. The maximum Gasteiger partial charge on any atom is 0.155 e. The summed E-state index contributed by atoms with van der Waals surface area (Å²) in [7, 11) is 0. The van der Waals surface area contributed by atoms with Crippen LogP contribution in [0.15, 0.2) is 24.3 Å². The highest BCUT2D eigenvalue weighted by Gasteiger charge is 1.99. The van der Waals surface area contributed by atoms with Gasteiger partial charge in [0.15, 0.2) is 6.29 Å². The lowest BCUT2D eigenvalue weighted by molar-refractivity contribution is -0.0381. The Labute approximate surface area is 70.1 Å². The fourth-order valence-electron chi connectivity index (χ4n) is 0.875. The molecule has 0 bridgehead atoms. The molecule has 0 heterocycles. The minimum absolute atomic E-state index is 0.223. The summed E-state index contributed by atoms with van der Waals surface area (Å²) in [5.41, 5.74) is 0.826. The molecule has 0 aliphatic carbocycles. The molecule has 60 valence electrons. The first kappa shape index (κ1) is 8.53. The minimum Gasteiger partial charge on any atom is -0.368 e. The molecule has 0 aliphatic rings. The van der Waals surface area contributed by atoms with Crippen LogP contribution in [0.25, 0.3) is 0 Å². The van der Waals surface area contributed by atoms with Crippen molar-refractivity contribution >= 4 is 11.6 Å². The van der Waals surface area contributed by atoms with Crippen molar-refractivity contribution in [1.82, 2.24) is 0 Å². The summed E-state index contributed by atoms with van der Waals surface area (Å²) in [6.07, 6.45) is -1.07. The van der Waals surface area contributed by atoms with Crippen LogP contribution >= 0.6 is 11.6 Å². The van der Waals surface area contributed by atoms with Gasteiger partial charge in [-0.2, -0.15) is 0 Å². The van der Waals surface area contributed by atoms with Crippen molar-refractivity contribution in [2.45, 2.75) is 12.7 Å². The number of hydrogen-bond acceptors (Lipinski definition) is 2. The molecule has 0 saturated carbocycles. The molecule has 0 atom stereocenters. The molecule has 0 radical (unpaired) electrons. The highest BCUT2D eigenvalue weighted by atomic mass is 35.5. The second-order valence-electron chi connectivity index (χ2n) is 2.31. The molecule has 1 aromatic rings. The van der Waals surface area contributed by atoms with Crippen molar-refractivity contribution < 1.29 is 10.2 Å². The molecule has 1 aromatic carbocycles. The standard InChI is InChI=1S/C8H9ClO2/c9-7-3-1-2-6(4-7)5-8(10)11/h1-4,8,10-11H,5H2. The van der Waals surface area contributed by atoms with Gasteiger partial charge in [0, 0.05) is 11.4 Å². The Hall–Kier alpha value is -0.570. The van der Waals surface area contributed by atoms with E-state index < -0.39 is 6.29 Å². The van der Waals surface area contributed by atoms with Crippen molar-refractivity contribution in [1.29, 1.82) is 0 Å². The topological polar surface area (TPSA) is 40.5 Å². The molecule has 11 heavy (non-hydrogen) atoms. The van der Waals surface area contributed by atoms with Crippen LogP contribution in [0.2, 0.25) is 5.02 Å². The van der Waals surface area contributed by atoms with Gasteiger partial charge in [-0.25, -0.2) is 0 Å². The van der Waals surface area contributed by atoms with Crippen LogP contribution in [-0.2, 0) is 6.42 Å². The Balaban J connectivity index is 2.71. The van der Waals surface area contributed by atoms with E-state index in [1.165, 1.54) is 0 Å². The molecular formula is C8H9ClO2. The van der Waals surface area contributed by atoms with Crippen LogP contribution < -0.4 is 0 Å². The SMILES string of the molecule is OC(O)Cc1cccc(Cl)c1. The van der Waals surface area contributed by atoms with E-state index in [0.29, 0.717) is 5.02 Å². The second-order valence-corrected chi connectivity index (χ2v) is 2.75. The van der Waals surface area contributed by atoms with Gasteiger partial charge in [-0.05, 0) is 17.7 Å². The van der Waals surface area contributed by atoms with E-state index in [-0.39, 0.29) is 6.42 Å². The first-order valence-electron chi connectivity index (χ1n) is 3.29. The van der Waals surface area contributed by atoms with Crippen LogP contribution in [0.3, 0.4) is 0 Å². The highest BCUT2D eigenvalue weighted by Crippen LogP contribution is 2.11. The van der Waals surface area contributed by atoms with E-state index in [1.807, 2.05) is 0 Å². The van der Waals surface area contributed by atoms with E-state index in [2.05, 4.69) is 0 Å². The minimum atomic E-state index is -1.30. The summed E-state index contributed by atoms with van der Waals surface area (Å²) < 4.78 is 0. The number of hydrogen-bond donors (Lipinski definition) is 2. The molecule has 0 amide bonds. The van der Waals surface area contributed by atoms with Crippen molar-refractivity contribution in [2.75, 3.05) is 0 Å². The lowest BCUT2D eigenvalue weighted by atomic mass is 10.1. The number of halogens is 1. The van der Waals surface area contributed by atoms with E-state index in [9.17, 15) is 0 Å². The Morgan fingerprint density at radius 3 is 2.64 bits per heavy atom. The van der Waals surface area contributed by atoms with Crippen molar-refractivity contribution in [3.63, 3.8) is 0 Å². The third-order valence-electron chi connectivity index (χ3n) is 1.31. The quantitative estimate of drug-likeness (QED) is 0.658. The Morgan fingerprint density at radius 1 is 1.36 bits per heavy atom. The second kappa shape index (κ2) is 3.72. The van der Waals surface area contributed by atoms with Crippen molar-refractivity contribution in [3.05, 3.63) is 34.9 Å². The van der Waals surface area contributed by atoms with Gasteiger partial charge in [0.2, 0.25) is 0 Å². The number of rotatable bonds is 2. The average Bonchev–Trinajstić information content (AvgIpc) is 1.85. The fraction of sp³-hybridized carbons (Fsp3) is 0.250. The molecule has 0 unspecified atom stereocenters. The maximum atomic E-state index is 8.61. The molecular weight excluding hydrogens is 164 g/mol. The summed E-state index contributed by atoms with van der Waals surface area (Å²) in [5, 5.41) is 17.8. The summed E-state index contributed by atoms with van der Waals surface area (Å²) in [6, 6.07) is 7.03. The van der Waals surface area contributed by atoms with Gasteiger partial charge >= 0.3 is 0 Å². The third kappa shape index (κ3) is 2.89. The summed E-state index contributed by atoms with van der Waals surface area (Å²) in [5.74, 6) is 0. The van der Waals surface area contributed by atoms with Gasteiger partial charge in [-0.15, -0.1) is 0 Å². The maximum absolute atomic E-state index is 8.61. The monoisotopic (exact) mass is 172 g/mol. The first-order valence-corrected chi connectivity index (χ1v) is 3.67. The predicted molar refractivity (Wildman–Crippen MR) is 43.4 cm³/mol. The molecule has 0 aliphatic heterocycles. The van der Waals surface area contributed by atoms with Gasteiger partial charge in [0.1, 0.15) is 0 Å². The number of aliphatic hydroxyl groups excluding tert-OH is 1. The zero-order valence-corrected chi connectivity index (χ0v) is 6.62. The first-order chi connectivity index (χ1) is 5.18. The normalized spacial score (nSPS) is 10.5. The van der Waals surface area contributed by atoms with Crippen LogP contribution in [0, 0.1) is 0 Å². The van der Waals surface area contributed by atoms with Gasteiger partial charge < -0.3 is 10.2 Å². The molecule has 1 rings (SSSR count). The highest BCUT2D eigenvalue weighted by molar-refractivity contribution is 6.30. The lowest BCUT2D eigenvalue weighted by Gasteiger charge is -2.02. The van der Waals surface area contributed by atoms with Gasteiger partial charge in [-0.3, -0.25) is 0 Å². The third-order valence-corrected chi connectivity index (χ3v) is 1.54. The Kier molecular flexibility index (Phi) is 2.88. The molecule has 0 spiro atoms. The summed E-state index contributed by atoms with van der Waals surface area (Å²) in [4.78, 5) is 0. The van der Waals surface area contributed by atoms with Gasteiger partial charge in [-0.1, -0.05) is 23.7 Å². The Bertz CT molecular complexity index is 235. The molecule has 2 N–H and O–H groups in total. The summed E-state index contributed by atoms with van der Waals surface area (Å²) in [6.45, 7) is 0. The van der Waals surface area contributed by atoms with Gasteiger partial charge in [0.05, 0.1) is 0 Å². The molecule has 0 saturated heterocycles. The van der Waals surface area contributed by atoms with E-state index >= 15 is 0 Å². The molecule has 0 fully saturated rings. The van der Waals surface area contributed by atoms with E-state index in [0.717, 1.165) is 5.56 Å². The molecule has 0 aromatic heterocycles. The smallest absolute Gasteiger partial charge is 0.155 e. The lowest BCUT2D eigenvalue weighted by Crippen LogP contribution is -2.07. The number of aliphatic hydroxyl groups is 2. The zero-order chi connectivity index (χ0) is 8.27. The predicted octanol–water partition coefficient (Wildman–Crippen LogP) is 1.19. The van der Waals surface area contributed by atoms with E-state index in [4.69, 9.17) is 21.8 Å².